The molecule has 0 spiro atoms. The molecular formula is C17H18N2O4S. The van der Waals surface area contributed by atoms with Crippen LogP contribution in [0.2, 0.25) is 0 Å². The Morgan fingerprint density at radius 3 is 2.50 bits per heavy atom. The lowest BCUT2D eigenvalue weighted by molar-refractivity contribution is -0.117. The summed E-state index contributed by atoms with van der Waals surface area (Å²) in [6.07, 6.45) is 0.181. The van der Waals surface area contributed by atoms with Crippen LogP contribution in [0.1, 0.15) is 6.42 Å². The van der Waals surface area contributed by atoms with Crippen molar-refractivity contribution in [3.05, 3.63) is 54.6 Å². The summed E-state index contributed by atoms with van der Waals surface area (Å²) in [6.45, 7) is 0.337. The molecule has 1 unspecified atom stereocenters. The molecule has 24 heavy (non-hydrogen) atoms. The zero-order valence-electron chi connectivity index (χ0n) is 13.0. The minimum atomic E-state index is -3.59. The van der Waals surface area contributed by atoms with Crippen molar-refractivity contribution in [3.63, 3.8) is 0 Å². The van der Waals surface area contributed by atoms with Gasteiger partial charge in [-0.15, -0.1) is 0 Å². The highest BCUT2D eigenvalue weighted by Crippen LogP contribution is 2.30. The zero-order valence-corrected chi connectivity index (χ0v) is 13.8. The smallest absolute Gasteiger partial charge is 0.227 e. The summed E-state index contributed by atoms with van der Waals surface area (Å²) in [5.41, 5.74) is 0.686. The highest BCUT2D eigenvalue weighted by molar-refractivity contribution is 7.89. The van der Waals surface area contributed by atoms with E-state index in [0.29, 0.717) is 23.7 Å². The number of primary sulfonamides is 1. The Balaban J connectivity index is 1.75. The molecule has 1 aliphatic heterocycles. The van der Waals surface area contributed by atoms with E-state index in [1.54, 1.807) is 29.2 Å². The van der Waals surface area contributed by atoms with Crippen LogP contribution in [0, 0.1) is 5.92 Å². The van der Waals surface area contributed by atoms with Crippen molar-refractivity contribution in [2.24, 2.45) is 11.1 Å². The van der Waals surface area contributed by atoms with Crippen LogP contribution in [-0.4, -0.2) is 26.6 Å². The van der Waals surface area contributed by atoms with E-state index in [0.717, 1.165) is 0 Å². The number of carbonyl (C=O) groups excluding carboxylic acids is 1. The Morgan fingerprint density at radius 2 is 1.79 bits per heavy atom. The van der Waals surface area contributed by atoms with Gasteiger partial charge in [0.1, 0.15) is 11.5 Å². The third-order valence-corrected chi connectivity index (χ3v) is 4.72. The van der Waals surface area contributed by atoms with E-state index in [1.807, 2.05) is 30.3 Å². The van der Waals surface area contributed by atoms with Crippen LogP contribution >= 0.6 is 0 Å². The fourth-order valence-corrected chi connectivity index (χ4v) is 3.69. The molecule has 2 aromatic carbocycles. The standard InChI is InChI=1S/C17H18N2O4S/c18-24(21,22)12-13-9-17(20)19(11-13)14-5-4-8-16(10-14)23-15-6-2-1-3-7-15/h1-8,10,13H,9,11-12H2,(H2,18,21,22). The molecule has 1 aliphatic rings. The number of hydrogen-bond donors (Lipinski definition) is 1. The van der Waals surface area contributed by atoms with Gasteiger partial charge in [0, 0.05) is 30.6 Å². The number of anilines is 1. The Kier molecular flexibility index (Phi) is 4.55. The maximum atomic E-state index is 12.2. The molecule has 3 rings (SSSR count). The first-order valence-electron chi connectivity index (χ1n) is 7.54. The van der Waals surface area contributed by atoms with Gasteiger partial charge in [0.2, 0.25) is 15.9 Å². The number of nitrogens with two attached hydrogens (primary N) is 1. The van der Waals surface area contributed by atoms with E-state index < -0.39 is 10.0 Å². The van der Waals surface area contributed by atoms with Crippen molar-refractivity contribution in [2.45, 2.75) is 6.42 Å². The predicted octanol–water partition coefficient (Wildman–Crippen LogP) is 2.12. The minimum Gasteiger partial charge on any atom is -0.457 e. The van der Waals surface area contributed by atoms with Crippen LogP contribution < -0.4 is 14.8 Å². The number of para-hydroxylation sites is 1. The van der Waals surface area contributed by atoms with Crippen LogP contribution in [0.15, 0.2) is 54.6 Å². The second-order valence-electron chi connectivity index (χ2n) is 5.82. The van der Waals surface area contributed by atoms with Gasteiger partial charge in [-0.1, -0.05) is 24.3 Å². The lowest BCUT2D eigenvalue weighted by Gasteiger charge is -2.17. The summed E-state index contributed by atoms with van der Waals surface area (Å²) in [7, 11) is -3.59. The zero-order chi connectivity index (χ0) is 17.2. The maximum absolute atomic E-state index is 12.2. The van der Waals surface area contributed by atoms with Crippen LogP contribution in [0.3, 0.4) is 0 Å². The molecule has 0 aliphatic carbocycles. The van der Waals surface area contributed by atoms with E-state index >= 15 is 0 Å². The number of amides is 1. The van der Waals surface area contributed by atoms with Crippen molar-refractivity contribution in [1.82, 2.24) is 0 Å². The molecule has 1 fully saturated rings. The molecule has 0 radical (unpaired) electrons. The fourth-order valence-electron chi connectivity index (χ4n) is 2.81. The van der Waals surface area contributed by atoms with Crippen LogP contribution in [0.5, 0.6) is 11.5 Å². The molecule has 1 heterocycles. The van der Waals surface area contributed by atoms with E-state index in [2.05, 4.69) is 0 Å². The van der Waals surface area contributed by atoms with E-state index in [1.165, 1.54) is 0 Å². The van der Waals surface area contributed by atoms with E-state index in [-0.39, 0.29) is 24.0 Å². The Bertz CT molecular complexity index is 837. The van der Waals surface area contributed by atoms with Gasteiger partial charge in [-0.05, 0) is 24.3 Å². The molecular weight excluding hydrogens is 328 g/mol. The first-order valence-corrected chi connectivity index (χ1v) is 9.26. The van der Waals surface area contributed by atoms with Crippen molar-refractivity contribution < 1.29 is 17.9 Å². The molecule has 6 nitrogen and oxygen atoms in total. The van der Waals surface area contributed by atoms with Crippen molar-refractivity contribution in [3.8, 4) is 11.5 Å². The second-order valence-corrected chi connectivity index (χ2v) is 7.48. The van der Waals surface area contributed by atoms with Crippen LogP contribution in [0.25, 0.3) is 0 Å². The number of nitrogens with zero attached hydrogens (tertiary/aromatic N) is 1. The lowest BCUT2D eigenvalue weighted by Crippen LogP contribution is -2.27. The quantitative estimate of drug-likeness (QED) is 0.898. The molecule has 1 saturated heterocycles. The third-order valence-electron chi connectivity index (χ3n) is 3.78. The predicted molar refractivity (Wildman–Crippen MR) is 91.4 cm³/mol. The van der Waals surface area contributed by atoms with E-state index in [4.69, 9.17) is 9.88 Å². The number of benzene rings is 2. The number of rotatable bonds is 5. The topological polar surface area (TPSA) is 89.7 Å². The molecule has 1 atom stereocenters. The lowest BCUT2D eigenvalue weighted by atomic mass is 10.1. The van der Waals surface area contributed by atoms with Crippen LogP contribution in [-0.2, 0) is 14.8 Å². The summed E-state index contributed by atoms with van der Waals surface area (Å²) in [5, 5.41) is 5.08. The summed E-state index contributed by atoms with van der Waals surface area (Å²) in [4.78, 5) is 13.8. The average Bonchev–Trinajstić information content (AvgIpc) is 2.87. The van der Waals surface area contributed by atoms with Gasteiger partial charge in [-0.3, -0.25) is 4.79 Å². The van der Waals surface area contributed by atoms with Gasteiger partial charge in [0.15, 0.2) is 0 Å². The van der Waals surface area contributed by atoms with Crippen LogP contribution in [0.4, 0.5) is 5.69 Å². The van der Waals surface area contributed by atoms with Gasteiger partial charge < -0.3 is 9.64 Å². The summed E-state index contributed by atoms with van der Waals surface area (Å²) < 4.78 is 28.2. The van der Waals surface area contributed by atoms with Crippen molar-refractivity contribution in [2.75, 3.05) is 17.2 Å². The molecule has 0 bridgehead atoms. The highest BCUT2D eigenvalue weighted by atomic mass is 32.2. The van der Waals surface area contributed by atoms with Crippen molar-refractivity contribution >= 4 is 21.6 Å². The largest absolute Gasteiger partial charge is 0.457 e. The maximum Gasteiger partial charge on any atom is 0.227 e. The average molecular weight is 346 g/mol. The summed E-state index contributed by atoms with van der Waals surface area (Å²) in [5.74, 6) is 0.734. The number of hydrogen-bond acceptors (Lipinski definition) is 4. The fraction of sp³-hybridized carbons (Fsp3) is 0.235. The van der Waals surface area contributed by atoms with E-state index in [9.17, 15) is 13.2 Å². The SMILES string of the molecule is NS(=O)(=O)CC1CC(=O)N(c2cccc(Oc3ccccc3)c2)C1. The second kappa shape index (κ2) is 6.62. The monoisotopic (exact) mass is 346 g/mol. The molecule has 0 aromatic heterocycles. The Morgan fingerprint density at radius 1 is 1.08 bits per heavy atom. The number of carbonyl (C=O) groups is 1. The van der Waals surface area contributed by atoms with Gasteiger partial charge in [0.05, 0.1) is 5.75 Å². The molecule has 126 valence electrons. The number of ether oxygens (including phenoxy) is 1. The highest BCUT2D eigenvalue weighted by Gasteiger charge is 2.32. The Hall–Kier alpha value is -2.38. The molecule has 7 heteroatoms. The number of sulfonamides is 1. The van der Waals surface area contributed by atoms with Crippen molar-refractivity contribution in [1.29, 1.82) is 0 Å². The minimum absolute atomic E-state index is 0.111. The first-order chi connectivity index (χ1) is 11.4. The normalized spacial score (nSPS) is 18.0. The molecule has 0 saturated carbocycles. The first kappa shape index (κ1) is 16.5. The summed E-state index contributed by atoms with van der Waals surface area (Å²) in [6, 6.07) is 16.5. The summed E-state index contributed by atoms with van der Waals surface area (Å²) >= 11 is 0. The third kappa shape index (κ3) is 4.12. The van der Waals surface area contributed by atoms with Gasteiger partial charge in [-0.2, -0.15) is 0 Å². The Labute approximate surface area is 140 Å². The molecule has 2 N–H and O–H groups in total. The van der Waals surface area contributed by atoms with Gasteiger partial charge in [0.25, 0.3) is 0 Å². The van der Waals surface area contributed by atoms with Gasteiger partial charge >= 0.3 is 0 Å². The molecule has 2 aromatic rings. The van der Waals surface area contributed by atoms with Gasteiger partial charge in [-0.25, -0.2) is 13.6 Å². The molecule has 1 amide bonds.